The molecule has 3 saturated heterocycles. The summed E-state index contributed by atoms with van der Waals surface area (Å²) in [5.41, 5.74) is -1.27. The van der Waals surface area contributed by atoms with Crippen molar-refractivity contribution in [3.8, 4) is 0 Å². The SMILES string of the molecule is CCCCC[C@H](C)COC(=O)[C@@]12O[C@@H]3OC(=O)C(C)C3C1CC1OC(=O)[C@@H](C)C12. The van der Waals surface area contributed by atoms with Crippen LogP contribution >= 0.6 is 0 Å². The number of fused-ring (bicyclic) bond motifs is 5. The molecule has 4 aliphatic rings. The van der Waals surface area contributed by atoms with Crippen LogP contribution in [0, 0.1) is 35.5 Å². The van der Waals surface area contributed by atoms with Gasteiger partial charge in [0.2, 0.25) is 6.29 Å². The minimum absolute atomic E-state index is 0.214. The Morgan fingerprint density at radius 3 is 2.62 bits per heavy atom. The zero-order valence-corrected chi connectivity index (χ0v) is 17.7. The van der Waals surface area contributed by atoms with Crippen molar-refractivity contribution < 1.29 is 33.3 Å². The number of esters is 3. The van der Waals surface area contributed by atoms with E-state index in [1.807, 2.05) is 6.92 Å². The van der Waals surface area contributed by atoms with Gasteiger partial charge in [-0.3, -0.25) is 9.59 Å². The van der Waals surface area contributed by atoms with Gasteiger partial charge in [-0.25, -0.2) is 4.79 Å². The first-order chi connectivity index (χ1) is 13.8. The quantitative estimate of drug-likeness (QED) is 0.364. The van der Waals surface area contributed by atoms with E-state index in [0.29, 0.717) is 13.0 Å². The Kier molecular flexibility index (Phi) is 5.38. The van der Waals surface area contributed by atoms with Crippen molar-refractivity contribution >= 4 is 17.9 Å². The summed E-state index contributed by atoms with van der Waals surface area (Å²) >= 11 is 0. The molecule has 1 aliphatic carbocycles. The Bertz CT molecular complexity index is 691. The molecule has 0 radical (unpaired) electrons. The van der Waals surface area contributed by atoms with Crippen LogP contribution in [-0.4, -0.2) is 42.5 Å². The molecule has 7 heteroatoms. The molecular weight excluding hydrogens is 376 g/mol. The Hall–Kier alpha value is -1.63. The molecule has 1 saturated carbocycles. The topological polar surface area (TPSA) is 88.1 Å². The van der Waals surface area contributed by atoms with Crippen molar-refractivity contribution in [1.82, 2.24) is 0 Å². The predicted molar refractivity (Wildman–Crippen MR) is 101 cm³/mol. The van der Waals surface area contributed by atoms with E-state index in [4.69, 9.17) is 18.9 Å². The highest BCUT2D eigenvalue weighted by molar-refractivity contribution is 5.86. The number of ether oxygens (including phenoxy) is 4. The lowest BCUT2D eigenvalue weighted by molar-refractivity contribution is -0.209. The van der Waals surface area contributed by atoms with Gasteiger partial charge in [-0.2, -0.15) is 0 Å². The average molecular weight is 408 g/mol. The van der Waals surface area contributed by atoms with Crippen LogP contribution < -0.4 is 0 Å². The highest BCUT2D eigenvalue weighted by Crippen LogP contribution is 2.62. The van der Waals surface area contributed by atoms with E-state index in [0.717, 1.165) is 19.3 Å². The van der Waals surface area contributed by atoms with E-state index in [2.05, 4.69) is 13.8 Å². The minimum Gasteiger partial charge on any atom is -0.463 e. The highest BCUT2D eigenvalue weighted by Gasteiger charge is 2.76. The van der Waals surface area contributed by atoms with Crippen LogP contribution in [0.1, 0.15) is 59.8 Å². The molecule has 0 aromatic carbocycles. The summed E-state index contributed by atoms with van der Waals surface area (Å²) in [6.45, 7) is 8.16. The predicted octanol–water partition coefficient (Wildman–Crippen LogP) is 2.85. The molecule has 3 heterocycles. The lowest BCUT2D eigenvalue weighted by atomic mass is 9.73. The molecule has 3 aliphatic heterocycles. The monoisotopic (exact) mass is 408 g/mol. The fourth-order valence-corrected chi connectivity index (χ4v) is 5.94. The van der Waals surface area contributed by atoms with Crippen molar-refractivity contribution in [3.05, 3.63) is 0 Å². The van der Waals surface area contributed by atoms with Crippen LogP contribution in [0.15, 0.2) is 0 Å². The van der Waals surface area contributed by atoms with Crippen LogP contribution in [-0.2, 0) is 33.3 Å². The van der Waals surface area contributed by atoms with Crippen LogP contribution in [0.2, 0.25) is 0 Å². The molecule has 7 nitrogen and oxygen atoms in total. The summed E-state index contributed by atoms with van der Waals surface area (Å²) in [6, 6.07) is 0. The molecule has 0 aromatic rings. The van der Waals surface area contributed by atoms with Gasteiger partial charge in [0.05, 0.1) is 18.4 Å². The zero-order valence-electron chi connectivity index (χ0n) is 17.7. The number of carbonyl (C=O) groups is 3. The van der Waals surface area contributed by atoms with Gasteiger partial charge in [-0.1, -0.05) is 47.0 Å². The molecule has 5 unspecified atom stereocenters. The minimum atomic E-state index is -1.27. The van der Waals surface area contributed by atoms with Crippen molar-refractivity contribution in [2.24, 2.45) is 35.5 Å². The van der Waals surface area contributed by atoms with Crippen LogP contribution in [0.5, 0.6) is 0 Å². The largest absolute Gasteiger partial charge is 0.463 e. The number of carbonyl (C=O) groups excluding carboxylic acids is 3. The summed E-state index contributed by atoms with van der Waals surface area (Å²) in [5.74, 6) is -2.44. The fourth-order valence-electron chi connectivity index (χ4n) is 5.94. The van der Waals surface area contributed by atoms with Crippen molar-refractivity contribution in [1.29, 1.82) is 0 Å². The second-order valence-corrected chi connectivity index (χ2v) is 9.41. The third-order valence-corrected chi connectivity index (χ3v) is 7.50. The maximum absolute atomic E-state index is 13.4. The van der Waals surface area contributed by atoms with Gasteiger partial charge in [0, 0.05) is 17.8 Å². The summed E-state index contributed by atoms with van der Waals surface area (Å²) in [6.07, 6.45) is 3.82. The number of rotatable bonds is 7. The number of hydrogen-bond donors (Lipinski definition) is 0. The van der Waals surface area contributed by atoms with Crippen molar-refractivity contribution in [2.75, 3.05) is 6.61 Å². The summed E-state index contributed by atoms with van der Waals surface area (Å²) in [5, 5.41) is 0. The third kappa shape index (κ3) is 3.07. The number of unbranched alkanes of at least 4 members (excludes halogenated alkanes) is 2. The zero-order chi connectivity index (χ0) is 20.9. The fraction of sp³-hybridized carbons (Fsp3) is 0.864. The van der Waals surface area contributed by atoms with E-state index in [1.54, 1.807) is 6.92 Å². The van der Waals surface area contributed by atoms with Gasteiger partial charge >= 0.3 is 17.9 Å². The van der Waals surface area contributed by atoms with E-state index in [-0.39, 0.29) is 41.7 Å². The van der Waals surface area contributed by atoms with E-state index < -0.39 is 29.7 Å². The van der Waals surface area contributed by atoms with E-state index in [9.17, 15) is 14.4 Å². The Morgan fingerprint density at radius 2 is 1.90 bits per heavy atom. The lowest BCUT2D eigenvalue weighted by Gasteiger charge is -2.34. The van der Waals surface area contributed by atoms with Crippen molar-refractivity contribution in [3.63, 3.8) is 0 Å². The standard InChI is InChI=1S/C22H32O7/c1-5-6-7-8-11(2)10-26-21(25)22-14(9-15-17(22)13(4)19(24)27-15)16-12(3)18(23)28-20(16)29-22/h11-17,20H,5-10H2,1-4H3/t11-,12?,13-,14?,15?,16?,17?,20-,22+/m0/s1. The Balaban J connectivity index is 1.55. The summed E-state index contributed by atoms with van der Waals surface area (Å²) < 4.78 is 23.0. The third-order valence-electron chi connectivity index (χ3n) is 7.50. The molecule has 4 rings (SSSR count). The normalized spacial score (nSPS) is 43.4. The molecule has 162 valence electrons. The smallest absolute Gasteiger partial charge is 0.339 e. The molecule has 0 aromatic heterocycles. The maximum atomic E-state index is 13.4. The van der Waals surface area contributed by atoms with Crippen LogP contribution in [0.4, 0.5) is 0 Å². The highest BCUT2D eigenvalue weighted by atomic mass is 16.7. The first-order valence-corrected chi connectivity index (χ1v) is 11.1. The van der Waals surface area contributed by atoms with E-state index >= 15 is 0 Å². The van der Waals surface area contributed by atoms with Gasteiger partial charge in [0.15, 0.2) is 5.60 Å². The summed E-state index contributed by atoms with van der Waals surface area (Å²) in [7, 11) is 0. The molecular formula is C22H32O7. The molecule has 0 amide bonds. The van der Waals surface area contributed by atoms with Gasteiger partial charge in [-0.05, 0) is 18.8 Å². The van der Waals surface area contributed by atoms with E-state index in [1.165, 1.54) is 6.42 Å². The molecule has 0 bridgehead atoms. The molecule has 0 N–H and O–H groups in total. The van der Waals surface area contributed by atoms with Crippen LogP contribution in [0.25, 0.3) is 0 Å². The van der Waals surface area contributed by atoms with Crippen molar-refractivity contribution in [2.45, 2.75) is 77.8 Å². The molecule has 29 heavy (non-hydrogen) atoms. The summed E-state index contributed by atoms with van der Waals surface area (Å²) in [4.78, 5) is 37.7. The first-order valence-electron chi connectivity index (χ1n) is 11.1. The molecule has 0 spiro atoms. The lowest BCUT2D eigenvalue weighted by Crippen LogP contribution is -2.52. The van der Waals surface area contributed by atoms with Gasteiger partial charge in [-0.15, -0.1) is 0 Å². The Labute approximate surface area is 171 Å². The molecule has 9 atom stereocenters. The maximum Gasteiger partial charge on any atom is 0.339 e. The number of hydrogen-bond acceptors (Lipinski definition) is 7. The average Bonchev–Trinajstić information content (AvgIpc) is 3.32. The second kappa shape index (κ2) is 7.56. The van der Waals surface area contributed by atoms with Gasteiger partial charge in [0.25, 0.3) is 0 Å². The van der Waals surface area contributed by atoms with Gasteiger partial charge < -0.3 is 18.9 Å². The Morgan fingerprint density at radius 1 is 1.17 bits per heavy atom. The van der Waals surface area contributed by atoms with Crippen LogP contribution in [0.3, 0.4) is 0 Å². The second-order valence-electron chi connectivity index (χ2n) is 9.41. The molecule has 4 fully saturated rings. The van der Waals surface area contributed by atoms with Gasteiger partial charge in [0.1, 0.15) is 6.10 Å². The first kappa shape index (κ1) is 20.6.